The van der Waals surface area contributed by atoms with Gasteiger partial charge in [0.2, 0.25) is 5.91 Å². The van der Waals surface area contributed by atoms with Crippen molar-refractivity contribution in [2.24, 2.45) is 5.92 Å². The summed E-state index contributed by atoms with van der Waals surface area (Å²) in [5, 5.41) is 187. The van der Waals surface area contributed by atoms with Gasteiger partial charge in [-0.25, -0.2) is 0 Å². The van der Waals surface area contributed by atoms with E-state index in [4.69, 9.17) is 61.6 Å². The summed E-state index contributed by atoms with van der Waals surface area (Å²) in [6.07, 6.45) is -53.9. The Balaban J connectivity index is 1.38. The first-order valence-corrected chi connectivity index (χ1v) is 25.3. The maximum Gasteiger partial charge on any atom is 0.332 e. The van der Waals surface area contributed by atoms with Crippen molar-refractivity contribution in [2.75, 3.05) is 33.0 Å². The minimum Gasteiger partial charge on any atom is -0.410 e. The van der Waals surface area contributed by atoms with Crippen LogP contribution in [0.15, 0.2) is 0 Å². The molecule has 0 aliphatic carbocycles. The Labute approximate surface area is 445 Å². The normalized spacial score (nSPS) is 48.2. The summed E-state index contributed by atoms with van der Waals surface area (Å²) in [4.78, 5) is 24.7. The Hall–Kier alpha value is -2.22. The van der Waals surface area contributed by atoms with Gasteiger partial charge in [-0.15, -0.1) is 0 Å². The van der Waals surface area contributed by atoms with Gasteiger partial charge in [-0.1, -0.05) is 6.92 Å². The molecule has 33 nitrogen and oxygen atoms in total. The summed E-state index contributed by atoms with van der Waals surface area (Å²) >= 11 is 0. The highest BCUT2D eigenvalue weighted by atomic mass is 16.9. The lowest BCUT2D eigenvalue weighted by atomic mass is 9.90. The van der Waals surface area contributed by atoms with Crippen molar-refractivity contribution in [2.45, 2.75) is 231 Å². The zero-order valence-electron chi connectivity index (χ0n) is 42.9. The van der Waals surface area contributed by atoms with Gasteiger partial charge < -0.3 is 154 Å². The molecule has 0 saturated carbocycles. The van der Waals surface area contributed by atoms with Gasteiger partial charge in [0.15, 0.2) is 31.5 Å². The molecule has 1 amide bonds. The molecule has 33 heteroatoms. The molecule has 0 aromatic carbocycles. The maximum atomic E-state index is 12.4. The fourth-order valence-corrected chi connectivity index (χ4v) is 10.1. The number of aliphatic hydroxyl groups excluding tert-OH is 17. The van der Waals surface area contributed by atoms with E-state index < -0.39 is 241 Å². The highest BCUT2D eigenvalue weighted by molar-refractivity contribution is 5.73. The lowest BCUT2D eigenvalue weighted by molar-refractivity contribution is -0.453. The van der Waals surface area contributed by atoms with E-state index in [1.807, 2.05) is 0 Å². The molecule has 0 spiro atoms. The number of hydrogen-bond donors (Lipinski definition) is 18. The van der Waals surface area contributed by atoms with Crippen LogP contribution in [0.4, 0.5) is 0 Å². The molecule has 6 heterocycles. The van der Waals surface area contributed by atoms with Crippen LogP contribution in [0.3, 0.4) is 0 Å². The monoisotopic (exact) mass is 1140 g/mol. The summed E-state index contributed by atoms with van der Waals surface area (Å²) in [5.74, 6) is -5.20. The van der Waals surface area contributed by atoms with Crippen molar-refractivity contribution < 1.29 is 158 Å². The number of nitrogens with one attached hydrogen (secondary N) is 1. The molecule has 6 rings (SSSR count). The molecule has 0 radical (unpaired) electrons. The zero-order chi connectivity index (χ0) is 57.8. The largest absolute Gasteiger partial charge is 0.410 e. The van der Waals surface area contributed by atoms with Crippen LogP contribution in [0, 0.1) is 5.92 Å². The molecule has 0 bridgehead atoms. The van der Waals surface area contributed by atoms with Crippen molar-refractivity contribution in [3.8, 4) is 0 Å². The van der Waals surface area contributed by atoms with E-state index in [0.29, 0.717) is 0 Å². The first-order valence-electron chi connectivity index (χ1n) is 25.3. The minimum atomic E-state index is -3.02. The van der Waals surface area contributed by atoms with Crippen molar-refractivity contribution in [1.82, 2.24) is 5.32 Å². The van der Waals surface area contributed by atoms with E-state index in [1.165, 1.54) is 13.8 Å². The smallest absolute Gasteiger partial charge is 0.332 e. The van der Waals surface area contributed by atoms with Crippen LogP contribution in [0.25, 0.3) is 0 Å². The van der Waals surface area contributed by atoms with Crippen LogP contribution in [0.2, 0.25) is 0 Å². The number of hydrogen-bond acceptors (Lipinski definition) is 32. The summed E-state index contributed by atoms with van der Waals surface area (Å²) in [6.45, 7) is 1.52. The van der Waals surface area contributed by atoms with E-state index >= 15 is 0 Å². The zero-order valence-corrected chi connectivity index (χ0v) is 42.9. The number of rotatable bonds is 22. The van der Waals surface area contributed by atoms with E-state index in [9.17, 15) is 96.4 Å². The third kappa shape index (κ3) is 14.0. The number of amides is 1. The highest BCUT2D eigenvalue weighted by Crippen LogP contribution is 2.42. The molecule has 6 saturated heterocycles. The lowest BCUT2D eigenvalue weighted by Crippen LogP contribution is -2.70. The van der Waals surface area contributed by atoms with Gasteiger partial charge in [-0.3, -0.25) is 9.59 Å². The number of carbonyl (C=O) groups is 2. The average Bonchev–Trinajstić information content (AvgIpc) is 3.42. The van der Waals surface area contributed by atoms with Crippen LogP contribution in [-0.4, -0.2) is 322 Å². The van der Waals surface area contributed by atoms with Crippen LogP contribution >= 0.6 is 0 Å². The molecule has 11 unspecified atom stereocenters. The maximum absolute atomic E-state index is 12.4. The standard InChI is InChI=1S/C45H77NO32/c1-13(2)67-41-32(64)30(62)35(21(10-50)71-41)74-43-33(65)38(78-45(66-12-52)6-17(54)23(46-16(5)53)37(77-45)25(57)18(55)7-47)36(22(11-51)72-43)75-40-14(3)34(27(59)20(9-49)69-40)73-44-39(29(61)26(58)19(8-48)70-44)76-42-31(63)28(60)24(56)15(4)68-42/h12-15,17-44,47-51,54-65H,6-11H2,1-5H3,(H,46,53)/t14?,15?,17-,18-,19?,20?,21?,22?,23-,24-,25-,26+,27+,28+,29+,30-,31?,32?,33?,34-,35-,36+,37?,38-,39?,40+,41-,42+,43+,44+,45+/m1/s1. The Kier molecular flexibility index (Phi) is 23.2. The van der Waals surface area contributed by atoms with Gasteiger partial charge in [-0.2, -0.15) is 0 Å². The van der Waals surface area contributed by atoms with Crippen molar-refractivity contribution in [3.05, 3.63) is 0 Å². The van der Waals surface area contributed by atoms with E-state index in [2.05, 4.69) is 5.32 Å². The van der Waals surface area contributed by atoms with E-state index in [0.717, 1.165) is 6.92 Å². The molecule has 454 valence electrons. The highest BCUT2D eigenvalue weighted by Gasteiger charge is 2.61. The topological polar surface area (TPSA) is 510 Å². The second-order valence-electron chi connectivity index (χ2n) is 20.3. The summed E-state index contributed by atoms with van der Waals surface area (Å²) in [7, 11) is 0. The van der Waals surface area contributed by atoms with Gasteiger partial charge in [-0.05, 0) is 20.8 Å². The summed E-state index contributed by atoms with van der Waals surface area (Å²) < 4.78 is 76.4. The number of ether oxygens (including phenoxy) is 13. The Bertz CT molecular complexity index is 1870. The molecule has 6 aliphatic rings. The Morgan fingerprint density at radius 3 is 1.69 bits per heavy atom. The molecule has 6 aliphatic heterocycles. The second-order valence-corrected chi connectivity index (χ2v) is 20.3. The van der Waals surface area contributed by atoms with Gasteiger partial charge in [0.05, 0.1) is 69.9 Å². The van der Waals surface area contributed by atoms with Gasteiger partial charge in [0.1, 0.15) is 122 Å². The first-order chi connectivity index (χ1) is 36.8. The number of carbonyl (C=O) groups excluding carboxylic acids is 2. The Morgan fingerprint density at radius 2 is 1.10 bits per heavy atom. The van der Waals surface area contributed by atoms with Crippen LogP contribution in [-0.2, 0) is 71.2 Å². The van der Waals surface area contributed by atoms with Crippen LogP contribution < -0.4 is 5.32 Å². The third-order valence-corrected chi connectivity index (χ3v) is 14.3. The first kappa shape index (κ1) is 64.9. The number of aliphatic hydroxyl groups is 17. The predicted octanol–water partition coefficient (Wildman–Crippen LogP) is -11.0. The van der Waals surface area contributed by atoms with Gasteiger partial charge in [0.25, 0.3) is 6.47 Å². The van der Waals surface area contributed by atoms with Gasteiger partial charge >= 0.3 is 5.97 Å². The SMILES string of the molecule is CC(=O)N[C@H]1C([C@H](O)[C@H](O)CO)O[C@](OC=O)(O[C@@H]2C(O)[C@H](O[C@@H]3C(CO)O[C@@H](OC(C)C)C(O)[C@H]3O)OC(CO)[C@@H]2O[C@@H]2OC(CO)[C@H](O)[C@H](O[C@@H]3OC(CO)[C@H](O)[C@H](O)C3O[C@@H]3OC(C)[C@@H](O)[C@H](O)C3O)C2C)C[C@H]1O. The molecule has 0 aromatic rings. The lowest BCUT2D eigenvalue weighted by Gasteiger charge is -2.52. The van der Waals surface area contributed by atoms with Crippen LogP contribution in [0.5, 0.6) is 0 Å². The molecular weight excluding hydrogens is 1070 g/mol. The molecule has 78 heavy (non-hydrogen) atoms. The van der Waals surface area contributed by atoms with Gasteiger partial charge in [0, 0.05) is 12.8 Å². The van der Waals surface area contributed by atoms with Crippen molar-refractivity contribution in [1.29, 1.82) is 0 Å². The summed E-state index contributed by atoms with van der Waals surface area (Å²) in [6, 6.07) is -1.63. The fraction of sp³-hybridized carbons (Fsp3) is 0.956. The Morgan fingerprint density at radius 1 is 0.590 bits per heavy atom. The molecule has 18 N–H and O–H groups in total. The van der Waals surface area contributed by atoms with Crippen LogP contribution in [0.1, 0.15) is 41.0 Å². The quantitative estimate of drug-likeness (QED) is 0.0353. The van der Waals surface area contributed by atoms with Crippen molar-refractivity contribution >= 4 is 12.4 Å². The summed E-state index contributed by atoms with van der Waals surface area (Å²) in [5.41, 5.74) is 0. The fourth-order valence-electron chi connectivity index (χ4n) is 10.1. The average molecular weight is 1140 g/mol. The molecular formula is C45H77NO32. The van der Waals surface area contributed by atoms with E-state index in [-0.39, 0.29) is 6.47 Å². The van der Waals surface area contributed by atoms with E-state index in [1.54, 1.807) is 13.8 Å². The molecule has 6 fully saturated rings. The molecule has 0 aromatic heterocycles. The third-order valence-electron chi connectivity index (χ3n) is 14.3. The van der Waals surface area contributed by atoms with Crippen molar-refractivity contribution in [3.63, 3.8) is 0 Å². The predicted molar refractivity (Wildman–Crippen MR) is 243 cm³/mol. The molecule has 31 atom stereocenters. The minimum absolute atomic E-state index is 0.259. The second kappa shape index (κ2) is 27.9.